The molecule has 1 aromatic carbocycles. The highest BCUT2D eigenvalue weighted by molar-refractivity contribution is 5.62. The van der Waals surface area contributed by atoms with Gasteiger partial charge >= 0.3 is 0 Å². The van der Waals surface area contributed by atoms with E-state index in [1.54, 1.807) is 0 Å². The lowest BCUT2D eigenvalue weighted by Gasteiger charge is -2.33. The zero-order chi connectivity index (χ0) is 14.0. The van der Waals surface area contributed by atoms with Crippen LogP contribution in [0.15, 0.2) is 12.1 Å². The predicted molar refractivity (Wildman–Crippen MR) is 76.3 cm³/mol. The molecule has 1 unspecified atom stereocenters. The zero-order valence-corrected chi connectivity index (χ0v) is 12.1. The van der Waals surface area contributed by atoms with E-state index < -0.39 is 0 Å². The van der Waals surface area contributed by atoms with Crippen molar-refractivity contribution in [1.82, 2.24) is 0 Å². The van der Waals surface area contributed by atoms with Crippen LogP contribution in [-0.4, -0.2) is 38.0 Å². The first kappa shape index (κ1) is 14.0. The normalized spacial score (nSPS) is 15.5. The summed E-state index contributed by atoms with van der Waals surface area (Å²) in [4.78, 5) is 2.12. The van der Waals surface area contributed by atoms with Crippen LogP contribution >= 0.6 is 0 Å². The van der Waals surface area contributed by atoms with Crippen LogP contribution in [0.1, 0.15) is 19.4 Å². The fourth-order valence-corrected chi connectivity index (χ4v) is 2.52. The topological polar surface area (TPSA) is 41.9 Å². The molecule has 0 spiro atoms. The summed E-state index contributed by atoms with van der Waals surface area (Å²) in [6.45, 7) is 7.62. The van der Waals surface area contributed by atoms with Gasteiger partial charge in [0.25, 0.3) is 0 Å². The third-order valence-electron chi connectivity index (χ3n) is 3.69. The van der Waals surface area contributed by atoms with Gasteiger partial charge in [0.1, 0.15) is 13.2 Å². The van der Waals surface area contributed by atoms with Crippen LogP contribution in [-0.2, 0) is 0 Å². The zero-order valence-electron chi connectivity index (χ0n) is 12.1. The molecule has 0 saturated carbocycles. The molecule has 4 nitrogen and oxygen atoms in total. The molecule has 0 aromatic heterocycles. The third kappa shape index (κ3) is 2.78. The molecule has 0 aliphatic carbocycles. The smallest absolute Gasteiger partial charge is 0.163 e. The molecule has 0 saturated heterocycles. The molecule has 1 atom stereocenters. The average Bonchev–Trinajstić information content (AvgIpc) is 2.38. The Hall–Kier alpha value is -1.42. The highest BCUT2D eigenvalue weighted by Crippen LogP contribution is 2.37. The maximum atomic E-state index is 9.56. The first-order valence-corrected chi connectivity index (χ1v) is 6.78. The van der Waals surface area contributed by atoms with Crippen molar-refractivity contribution in [3.8, 4) is 11.5 Å². The maximum Gasteiger partial charge on any atom is 0.163 e. The summed E-state index contributed by atoms with van der Waals surface area (Å²) in [5.41, 5.74) is 2.21. The number of rotatable bonds is 4. The van der Waals surface area contributed by atoms with Gasteiger partial charge in [0, 0.05) is 18.8 Å². The molecule has 106 valence electrons. The number of hydrogen-bond acceptors (Lipinski definition) is 4. The van der Waals surface area contributed by atoms with E-state index >= 15 is 0 Å². The SMILES string of the molecule is Cc1cc2c(cc1N(C)C(CO)C(C)C)OCCO2. The predicted octanol–water partition coefficient (Wildman–Crippen LogP) is 2.22. The van der Waals surface area contributed by atoms with E-state index in [0.29, 0.717) is 19.1 Å². The Balaban J connectivity index is 2.33. The van der Waals surface area contributed by atoms with Gasteiger partial charge in [-0.05, 0) is 24.5 Å². The quantitative estimate of drug-likeness (QED) is 0.906. The number of anilines is 1. The van der Waals surface area contributed by atoms with E-state index in [9.17, 15) is 5.11 Å². The van der Waals surface area contributed by atoms with Crippen LogP contribution in [0.5, 0.6) is 11.5 Å². The third-order valence-corrected chi connectivity index (χ3v) is 3.69. The summed E-state index contributed by atoms with van der Waals surface area (Å²) in [6, 6.07) is 4.12. The summed E-state index contributed by atoms with van der Waals surface area (Å²) in [5, 5.41) is 9.56. The molecule has 0 radical (unpaired) electrons. The van der Waals surface area contributed by atoms with Gasteiger partial charge in [0.2, 0.25) is 0 Å². The van der Waals surface area contributed by atoms with E-state index in [0.717, 1.165) is 22.7 Å². The van der Waals surface area contributed by atoms with E-state index in [4.69, 9.17) is 9.47 Å². The summed E-state index contributed by atoms with van der Waals surface area (Å²) in [7, 11) is 2.01. The number of aliphatic hydroxyl groups excluding tert-OH is 1. The molecule has 1 aliphatic rings. The minimum absolute atomic E-state index is 0.0984. The van der Waals surface area contributed by atoms with Crippen LogP contribution < -0.4 is 14.4 Å². The molecule has 0 bridgehead atoms. The second-order valence-electron chi connectivity index (χ2n) is 5.39. The molecule has 1 N–H and O–H groups in total. The number of likely N-dealkylation sites (N-methyl/N-ethyl adjacent to an activating group) is 1. The lowest BCUT2D eigenvalue weighted by Crippen LogP contribution is -2.39. The summed E-state index contributed by atoms with van der Waals surface area (Å²) in [5.74, 6) is 1.98. The van der Waals surface area contributed by atoms with Crippen molar-refractivity contribution in [2.45, 2.75) is 26.8 Å². The van der Waals surface area contributed by atoms with Gasteiger partial charge in [-0.1, -0.05) is 13.8 Å². The Labute approximate surface area is 114 Å². The van der Waals surface area contributed by atoms with Gasteiger partial charge in [-0.2, -0.15) is 0 Å². The highest BCUT2D eigenvalue weighted by atomic mass is 16.6. The van der Waals surface area contributed by atoms with Crippen molar-refractivity contribution in [2.24, 2.45) is 5.92 Å². The molecule has 19 heavy (non-hydrogen) atoms. The molecule has 1 heterocycles. The number of fused-ring (bicyclic) bond motifs is 1. The summed E-state index contributed by atoms with van der Waals surface area (Å²) >= 11 is 0. The van der Waals surface area contributed by atoms with Gasteiger partial charge < -0.3 is 19.5 Å². The second kappa shape index (κ2) is 5.70. The summed E-state index contributed by atoms with van der Waals surface area (Å²) in [6.07, 6.45) is 0. The Morgan fingerprint density at radius 1 is 1.21 bits per heavy atom. The Kier molecular flexibility index (Phi) is 4.20. The highest BCUT2D eigenvalue weighted by Gasteiger charge is 2.22. The van der Waals surface area contributed by atoms with Crippen molar-refractivity contribution in [2.75, 3.05) is 31.8 Å². The van der Waals surface area contributed by atoms with Gasteiger partial charge in [0.15, 0.2) is 11.5 Å². The van der Waals surface area contributed by atoms with Crippen molar-refractivity contribution in [3.05, 3.63) is 17.7 Å². The van der Waals surface area contributed by atoms with E-state index in [1.807, 2.05) is 19.2 Å². The standard InChI is InChI=1S/C15H23NO3/c1-10(2)13(9-17)16(4)12-8-15-14(7-11(12)3)18-5-6-19-15/h7-8,10,13,17H,5-6,9H2,1-4H3. The Morgan fingerprint density at radius 2 is 1.79 bits per heavy atom. The molecule has 1 aromatic rings. The number of ether oxygens (including phenoxy) is 2. The number of aryl methyl sites for hydroxylation is 1. The van der Waals surface area contributed by atoms with Crippen LogP contribution in [0.3, 0.4) is 0 Å². The first-order valence-electron chi connectivity index (χ1n) is 6.78. The largest absolute Gasteiger partial charge is 0.486 e. The van der Waals surface area contributed by atoms with Crippen LogP contribution in [0.4, 0.5) is 5.69 Å². The van der Waals surface area contributed by atoms with E-state index in [-0.39, 0.29) is 12.6 Å². The molecule has 2 rings (SSSR count). The minimum atomic E-state index is 0.0984. The fraction of sp³-hybridized carbons (Fsp3) is 0.600. The molecule has 0 fully saturated rings. The minimum Gasteiger partial charge on any atom is -0.486 e. The van der Waals surface area contributed by atoms with Crippen molar-refractivity contribution >= 4 is 5.69 Å². The van der Waals surface area contributed by atoms with Crippen molar-refractivity contribution in [3.63, 3.8) is 0 Å². The molecular formula is C15H23NO3. The fourth-order valence-electron chi connectivity index (χ4n) is 2.52. The Morgan fingerprint density at radius 3 is 2.32 bits per heavy atom. The molecule has 4 heteroatoms. The average molecular weight is 265 g/mol. The maximum absolute atomic E-state index is 9.56. The van der Waals surface area contributed by atoms with Gasteiger partial charge in [-0.25, -0.2) is 0 Å². The lowest BCUT2D eigenvalue weighted by molar-refractivity contribution is 0.171. The molecular weight excluding hydrogens is 242 g/mol. The summed E-state index contributed by atoms with van der Waals surface area (Å²) < 4.78 is 11.2. The van der Waals surface area contributed by atoms with E-state index in [1.165, 1.54) is 0 Å². The number of hydrogen-bond donors (Lipinski definition) is 1. The second-order valence-corrected chi connectivity index (χ2v) is 5.39. The van der Waals surface area contributed by atoms with Crippen molar-refractivity contribution < 1.29 is 14.6 Å². The lowest BCUT2D eigenvalue weighted by atomic mass is 10.0. The van der Waals surface area contributed by atoms with Gasteiger partial charge in [0.05, 0.1) is 12.6 Å². The Bertz CT molecular complexity index is 445. The van der Waals surface area contributed by atoms with Gasteiger partial charge in [-0.15, -0.1) is 0 Å². The number of benzene rings is 1. The molecule has 1 aliphatic heterocycles. The van der Waals surface area contributed by atoms with Gasteiger partial charge in [-0.3, -0.25) is 0 Å². The number of aliphatic hydroxyl groups is 1. The number of nitrogens with zero attached hydrogens (tertiary/aromatic N) is 1. The van der Waals surface area contributed by atoms with Crippen LogP contribution in [0, 0.1) is 12.8 Å². The van der Waals surface area contributed by atoms with Crippen molar-refractivity contribution in [1.29, 1.82) is 0 Å². The van der Waals surface area contributed by atoms with E-state index in [2.05, 4.69) is 25.7 Å². The monoisotopic (exact) mass is 265 g/mol. The molecule has 0 amide bonds. The van der Waals surface area contributed by atoms with Crippen LogP contribution in [0.2, 0.25) is 0 Å². The van der Waals surface area contributed by atoms with Crippen LogP contribution in [0.25, 0.3) is 0 Å². The first-order chi connectivity index (χ1) is 9.04.